The number of para-hydroxylation sites is 1. The first-order valence-corrected chi connectivity index (χ1v) is 6.89. The van der Waals surface area contributed by atoms with E-state index >= 15 is 0 Å². The highest BCUT2D eigenvalue weighted by atomic mass is 15.1. The van der Waals surface area contributed by atoms with Crippen molar-refractivity contribution in [2.45, 2.75) is 12.8 Å². The Labute approximate surface area is 119 Å². The van der Waals surface area contributed by atoms with E-state index in [0.717, 1.165) is 11.3 Å². The molecule has 3 aromatic rings. The Hall–Kier alpha value is -2.13. The summed E-state index contributed by atoms with van der Waals surface area (Å²) in [6.07, 6.45) is 0. The van der Waals surface area contributed by atoms with Crippen LogP contribution >= 0.6 is 0 Å². The molecule has 3 nitrogen and oxygen atoms in total. The molecule has 1 unspecified atom stereocenters. The standard InChI is InChI=1S/C17H19N3/c1-12-7-6-10-15-16(12)20(2)17(19-15)14(11-18)13-8-4-3-5-9-13/h3-10,14H,11,18H2,1-2H3. The van der Waals surface area contributed by atoms with Crippen LogP contribution in [-0.4, -0.2) is 16.1 Å². The minimum absolute atomic E-state index is 0.132. The Kier molecular flexibility index (Phi) is 3.28. The first-order chi connectivity index (χ1) is 9.72. The van der Waals surface area contributed by atoms with E-state index in [2.05, 4.69) is 48.9 Å². The molecule has 0 saturated carbocycles. The molecule has 20 heavy (non-hydrogen) atoms. The van der Waals surface area contributed by atoms with Crippen molar-refractivity contribution in [3.63, 3.8) is 0 Å². The van der Waals surface area contributed by atoms with Crippen LogP contribution in [0.3, 0.4) is 0 Å². The first-order valence-electron chi connectivity index (χ1n) is 6.89. The lowest BCUT2D eigenvalue weighted by Crippen LogP contribution is -2.17. The van der Waals surface area contributed by atoms with Gasteiger partial charge in [0.15, 0.2) is 0 Å². The molecule has 0 spiro atoms. The Morgan fingerprint density at radius 2 is 1.85 bits per heavy atom. The van der Waals surface area contributed by atoms with Gasteiger partial charge >= 0.3 is 0 Å². The average molecular weight is 265 g/mol. The molecular weight excluding hydrogens is 246 g/mol. The second kappa shape index (κ2) is 5.10. The van der Waals surface area contributed by atoms with Crippen LogP contribution in [0.1, 0.15) is 22.9 Å². The predicted octanol–water partition coefficient (Wildman–Crippen LogP) is 2.97. The molecule has 0 radical (unpaired) electrons. The average Bonchev–Trinajstić information content (AvgIpc) is 2.80. The summed E-state index contributed by atoms with van der Waals surface area (Å²) in [5.41, 5.74) is 10.7. The van der Waals surface area contributed by atoms with Gasteiger partial charge in [-0.15, -0.1) is 0 Å². The summed E-state index contributed by atoms with van der Waals surface area (Å²) in [5, 5.41) is 0. The fourth-order valence-electron chi connectivity index (χ4n) is 2.87. The van der Waals surface area contributed by atoms with Gasteiger partial charge < -0.3 is 10.3 Å². The number of hydrogen-bond donors (Lipinski definition) is 1. The third-order valence-corrected chi connectivity index (χ3v) is 3.88. The molecule has 3 rings (SSSR count). The van der Waals surface area contributed by atoms with Gasteiger partial charge in [-0.25, -0.2) is 4.98 Å². The van der Waals surface area contributed by atoms with Gasteiger partial charge in [0.05, 0.1) is 17.0 Å². The number of imidazole rings is 1. The third-order valence-electron chi connectivity index (χ3n) is 3.88. The summed E-state index contributed by atoms with van der Waals surface area (Å²) in [4.78, 5) is 4.80. The minimum Gasteiger partial charge on any atom is -0.330 e. The number of rotatable bonds is 3. The van der Waals surface area contributed by atoms with Gasteiger partial charge in [-0.2, -0.15) is 0 Å². The zero-order chi connectivity index (χ0) is 14.1. The van der Waals surface area contributed by atoms with Crippen molar-refractivity contribution in [3.05, 3.63) is 65.5 Å². The molecule has 1 heterocycles. The molecule has 1 atom stereocenters. The van der Waals surface area contributed by atoms with Crippen molar-refractivity contribution in [2.24, 2.45) is 12.8 Å². The highest BCUT2D eigenvalue weighted by Crippen LogP contribution is 2.27. The number of aryl methyl sites for hydroxylation is 2. The Balaban J connectivity index is 2.18. The summed E-state index contributed by atoms with van der Waals surface area (Å²) in [6, 6.07) is 16.6. The van der Waals surface area contributed by atoms with Crippen LogP contribution in [0.5, 0.6) is 0 Å². The molecular formula is C17H19N3. The molecule has 0 aliphatic carbocycles. The lowest BCUT2D eigenvalue weighted by Gasteiger charge is -2.15. The molecule has 0 aliphatic rings. The van der Waals surface area contributed by atoms with E-state index in [1.54, 1.807) is 0 Å². The topological polar surface area (TPSA) is 43.8 Å². The van der Waals surface area contributed by atoms with E-state index in [1.165, 1.54) is 16.6 Å². The van der Waals surface area contributed by atoms with E-state index < -0.39 is 0 Å². The quantitative estimate of drug-likeness (QED) is 0.791. The normalized spacial score (nSPS) is 12.8. The molecule has 2 aromatic carbocycles. The molecule has 0 bridgehead atoms. The number of nitrogens with zero attached hydrogens (tertiary/aromatic N) is 2. The Bertz CT molecular complexity index is 729. The second-order valence-corrected chi connectivity index (χ2v) is 5.17. The third kappa shape index (κ3) is 2.00. The fraction of sp³-hybridized carbons (Fsp3) is 0.235. The second-order valence-electron chi connectivity index (χ2n) is 5.17. The van der Waals surface area contributed by atoms with Gasteiger partial charge in [-0.1, -0.05) is 42.5 Å². The van der Waals surface area contributed by atoms with Gasteiger partial charge in [0, 0.05) is 13.6 Å². The monoisotopic (exact) mass is 265 g/mol. The van der Waals surface area contributed by atoms with Crippen LogP contribution in [0.4, 0.5) is 0 Å². The van der Waals surface area contributed by atoms with Gasteiger partial charge in [0.2, 0.25) is 0 Å². The SMILES string of the molecule is Cc1cccc2nc(C(CN)c3ccccc3)n(C)c12. The van der Waals surface area contributed by atoms with Gasteiger partial charge in [0.1, 0.15) is 5.82 Å². The van der Waals surface area contributed by atoms with Crippen LogP contribution in [-0.2, 0) is 7.05 Å². The van der Waals surface area contributed by atoms with E-state index in [1.807, 2.05) is 18.2 Å². The molecule has 2 N–H and O–H groups in total. The number of benzene rings is 2. The maximum Gasteiger partial charge on any atom is 0.118 e. The van der Waals surface area contributed by atoms with E-state index in [9.17, 15) is 0 Å². The molecule has 0 aliphatic heterocycles. The van der Waals surface area contributed by atoms with Crippen molar-refractivity contribution in [2.75, 3.05) is 6.54 Å². The lowest BCUT2D eigenvalue weighted by atomic mass is 9.98. The predicted molar refractivity (Wildman–Crippen MR) is 82.8 cm³/mol. The van der Waals surface area contributed by atoms with E-state index in [4.69, 9.17) is 10.7 Å². The summed E-state index contributed by atoms with van der Waals surface area (Å²) < 4.78 is 2.18. The van der Waals surface area contributed by atoms with Gasteiger partial charge in [-0.3, -0.25) is 0 Å². The van der Waals surface area contributed by atoms with E-state index in [0.29, 0.717) is 6.54 Å². The maximum atomic E-state index is 6.01. The molecule has 0 saturated heterocycles. The van der Waals surface area contributed by atoms with Crippen LogP contribution in [0, 0.1) is 6.92 Å². The highest BCUT2D eigenvalue weighted by Gasteiger charge is 2.19. The summed E-state index contributed by atoms with van der Waals surface area (Å²) >= 11 is 0. The zero-order valence-electron chi connectivity index (χ0n) is 11.9. The summed E-state index contributed by atoms with van der Waals surface area (Å²) in [5.74, 6) is 1.16. The van der Waals surface area contributed by atoms with Crippen molar-refractivity contribution < 1.29 is 0 Å². The molecule has 0 amide bonds. The summed E-state index contributed by atoms with van der Waals surface area (Å²) in [7, 11) is 2.07. The van der Waals surface area contributed by atoms with Crippen LogP contribution in [0.25, 0.3) is 11.0 Å². The van der Waals surface area contributed by atoms with Crippen LogP contribution in [0.2, 0.25) is 0 Å². The number of fused-ring (bicyclic) bond motifs is 1. The number of aromatic nitrogens is 2. The van der Waals surface area contributed by atoms with Gasteiger partial charge in [0.25, 0.3) is 0 Å². The van der Waals surface area contributed by atoms with Crippen molar-refractivity contribution in [1.82, 2.24) is 9.55 Å². The number of hydrogen-bond acceptors (Lipinski definition) is 2. The molecule has 3 heteroatoms. The lowest BCUT2D eigenvalue weighted by molar-refractivity contribution is 0.707. The smallest absolute Gasteiger partial charge is 0.118 e. The van der Waals surface area contributed by atoms with Crippen LogP contribution in [0.15, 0.2) is 48.5 Å². The number of nitrogens with two attached hydrogens (primary N) is 1. The van der Waals surface area contributed by atoms with E-state index in [-0.39, 0.29) is 5.92 Å². The highest BCUT2D eigenvalue weighted by molar-refractivity contribution is 5.79. The molecule has 0 fully saturated rings. The Morgan fingerprint density at radius 3 is 2.50 bits per heavy atom. The Morgan fingerprint density at radius 1 is 1.10 bits per heavy atom. The largest absolute Gasteiger partial charge is 0.330 e. The van der Waals surface area contributed by atoms with Gasteiger partial charge in [-0.05, 0) is 24.1 Å². The maximum absolute atomic E-state index is 6.01. The van der Waals surface area contributed by atoms with Crippen molar-refractivity contribution >= 4 is 11.0 Å². The summed E-state index contributed by atoms with van der Waals surface area (Å²) in [6.45, 7) is 2.67. The minimum atomic E-state index is 0.132. The first kappa shape index (κ1) is 12.9. The van der Waals surface area contributed by atoms with Crippen molar-refractivity contribution in [1.29, 1.82) is 0 Å². The zero-order valence-corrected chi connectivity index (χ0v) is 11.9. The molecule has 102 valence electrons. The fourth-order valence-corrected chi connectivity index (χ4v) is 2.87. The molecule has 1 aromatic heterocycles. The van der Waals surface area contributed by atoms with Crippen molar-refractivity contribution in [3.8, 4) is 0 Å². The van der Waals surface area contributed by atoms with Crippen LogP contribution < -0.4 is 5.73 Å².